The fourth-order valence-corrected chi connectivity index (χ4v) is 1.52. The van der Waals surface area contributed by atoms with Gasteiger partial charge in [0.15, 0.2) is 0 Å². The molecule has 0 saturated carbocycles. The van der Waals surface area contributed by atoms with E-state index in [1.807, 2.05) is 24.3 Å². The molecule has 15 heavy (non-hydrogen) atoms. The van der Waals surface area contributed by atoms with E-state index in [9.17, 15) is 5.11 Å². The van der Waals surface area contributed by atoms with Crippen LogP contribution in [0.4, 0.5) is 0 Å². The second-order valence-electron chi connectivity index (χ2n) is 3.92. The van der Waals surface area contributed by atoms with E-state index in [-0.39, 0.29) is 0 Å². The lowest BCUT2D eigenvalue weighted by Gasteiger charge is -2.20. The minimum Gasteiger partial charge on any atom is -0.386 e. The molecule has 0 amide bonds. The highest BCUT2D eigenvalue weighted by atomic mass is 16.3. The van der Waals surface area contributed by atoms with Gasteiger partial charge in [-0.05, 0) is 19.9 Å². The van der Waals surface area contributed by atoms with E-state index in [1.165, 1.54) is 6.33 Å². The van der Waals surface area contributed by atoms with Crippen LogP contribution in [-0.4, -0.2) is 19.9 Å². The van der Waals surface area contributed by atoms with E-state index in [0.717, 1.165) is 11.3 Å². The molecule has 0 saturated heterocycles. The Bertz CT molecular complexity index is 443. The molecule has 0 spiro atoms. The Morgan fingerprint density at radius 2 is 2.00 bits per heavy atom. The first-order chi connectivity index (χ1) is 7.09. The Balaban J connectivity index is 2.58. The van der Waals surface area contributed by atoms with Crippen LogP contribution in [0.5, 0.6) is 0 Å². The summed E-state index contributed by atoms with van der Waals surface area (Å²) < 4.78 is 1.65. The van der Waals surface area contributed by atoms with Gasteiger partial charge < -0.3 is 5.11 Å². The van der Waals surface area contributed by atoms with Crippen LogP contribution in [0, 0.1) is 0 Å². The molecule has 0 atom stereocenters. The van der Waals surface area contributed by atoms with E-state index in [0.29, 0.717) is 0 Å². The van der Waals surface area contributed by atoms with E-state index >= 15 is 0 Å². The van der Waals surface area contributed by atoms with Gasteiger partial charge in [-0.15, -0.1) is 0 Å². The molecule has 0 bridgehead atoms. The van der Waals surface area contributed by atoms with Crippen LogP contribution in [0.1, 0.15) is 19.4 Å². The number of benzene rings is 1. The zero-order valence-electron chi connectivity index (χ0n) is 8.75. The topological polar surface area (TPSA) is 50.9 Å². The van der Waals surface area contributed by atoms with E-state index in [1.54, 1.807) is 24.9 Å². The minimum absolute atomic E-state index is 0.829. The lowest BCUT2D eigenvalue weighted by Crippen LogP contribution is -2.18. The van der Waals surface area contributed by atoms with Crippen molar-refractivity contribution in [2.75, 3.05) is 0 Å². The zero-order valence-corrected chi connectivity index (χ0v) is 8.75. The summed E-state index contributed by atoms with van der Waals surface area (Å²) in [4.78, 5) is 3.89. The standard InChI is InChI=1S/C11H13N3O/c1-11(2,15)9-5-3-4-6-10(9)14-8-12-7-13-14/h3-8,15H,1-2H3. The fourth-order valence-electron chi connectivity index (χ4n) is 1.52. The molecule has 1 heterocycles. The van der Waals surface area contributed by atoms with Gasteiger partial charge in [0.2, 0.25) is 0 Å². The maximum Gasteiger partial charge on any atom is 0.138 e. The largest absolute Gasteiger partial charge is 0.386 e. The highest BCUT2D eigenvalue weighted by Gasteiger charge is 2.20. The van der Waals surface area contributed by atoms with E-state index < -0.39 is 5.60 Å². The minimum atomic E-state index is -0.886. The van der Waals surface area contributed by atoms with E-state index in [4.69, 9.17) is 0 Å². The van der Waals surface area contributed by atoms with Crippen LogP contribution in [0.25, 0.3) is 5.69 Å². The molecule has 1 aromatic heterocycles. The summed E-state index contributed by atoms with van der Waals surface area (Å²) in [6.07, 6.45) is 3.09. The highest BCUT2D eigenvalue weighted by Crippen LogP contribution is 2.25. The number of rotatable bonds is 2. The van der Waals surface area contributed by atoms with Crippen molar-refractivity contribution in [1.82, 2.24) is 14.8 Å². The Kier molecular flexibility index (Phi) is 2.28. The molecule has 4 nitrogen and oxygen atoms in total. The number of aliphatic hydroxyl groups is 1. The van der Waals surface area contributed by atoms with Crippen molar-refractivity contribution in [1.29, 1.82) is 0 Å². The summed E-state index contributed by atoms with van der Waals surface area (Å²) >= 11 is 0. The van der Waals surface area contributed by atoms with Gasteiger partial charge in [-0.25, -0.2) is 9.67 Å². The van der Waals surface area contributed by atoms with Gasteiger partial charge >= 0.3 is 0 Å². The van der Waals surface area contributed by atoms with Crippen LogP contribution < -0.4 is 0 Å². The van der Waals surface area contributed by atoms with Gasteiger partial charge in [0.1, 0.15) is 12.7 Å². The molecule has 0 aliphatic carbocycles. The maximum absolute atomic E-state index is 10.0. The molecule has 0 radical (unpaired) electrons. The number of para-hydroxylation sites is 1. The predicted octanol–water partition coefficient (Wildman–Crippen LogP) is 1.49. The average molecular weight is 203 g/mol. The van der Waals surface area contributed by atoms with Gasteiger partial charge in [0.25, 0.3) is 0 Å². The quantitative estimate of drug-likeness (QED) is 0.804. The number of nitrogens with zero attached hydrogens (tertiary/aromatic N) is 3. The van der Waals surface area contributed by atoms with Gasteiger partial charge in [-0.2, -0.15) is 5.10 Å². The monoisotopic (exact) mass is 203 g/mol. The van der Waals surface area contributed by atoms with Crippen LogP contribution in [0.2, 0.25) is 0 Å². The highest BCUT2D eigenvalue weighted by molar-refractivity contribution is 5.42. The summed E-state index contributed by atoms with van der Waals surface area (Å²) in [6.45, 7) is 3.51. The zero-order chi connectivity index (χ0) is 10.9. The summed E-state index contributed by atoms with van der Waals surface area (Å²) in [5, 5.41) is 14.1. The first-order valence-electron chi connectivity index (χ1n) is 4.76. The number of aromatic nitrogens is 3. The summed E-state index contributed by atoms with van der Waals surface area (Å²) in [5.74, 6) is 0. The van der Waals surface area contributed by atoms with Gasteiger partial charge in [-0.1, -0.05) is 18.2 Å². The van der Waals surface area contributed by atoms with Crippen molar-refractivity contribution in [3.8, 4) is 5.69 Å². The molecule has 1 aromatic carbocycles. The SMILES string of the molecule is CC(C)(O)c1ccccc1-n1cncn1. The molecule has 78 valence electrons. The molecule has 0 aliphatic rings. The van der Waals surface area contributed by atoms with Crippen molar-refractivity contribution in [2.45, 2.75) is 19.4 Å². The molecule has 2 aromatic rings. The molecule has 2 rings (SSSR count). The first kappa shape index (κ1) is 9.86. The molecule has 4 heteroatoms. The Morgan fingerprint density at radius 1 is 1.27 bits per heavy atom. The Hall–Kier alpha value is -1.68. The molecule has 1 N–H and O–H groups in total. The van der Waals surface area contributed by atoms with Crippen molar-refractivity contribution in [3.63, 3.8) is 0 Å². The Morgan fingerprint density at radius 3 is 2.60 bits per heavy atom. The molecule has 0 unspecified atom stereocenters. The Labute approximate surface area is 88.2 Å². The number of hydrogen-bond acceptors (Lipinski definition) is 3. The lowest BCUT2D eigenvalue weighted by molar-refractivity contribution is 0.0784. The van der Waals surface area contributed by atoms with Crippen molar-refractivity contribution in [3.05, 3.63) is 42.5 Å². The van der Waals surface area contributed by atoms with Crippen molar-refractivity contribution >= 4 is 0 Å². The summed E-state index contributed by atoms with van der Waals surface area (Å²) in [7, 11) is 0. The van der Waals surface area contributed by atoms with Crippen LogP contribution in [-0.2, 0) is 5.60 Å². The summed E-state index contributed by atoms with van der Waals surface area (Å²) in [6, 6.07) is 7.60. The van der Waals surface area contributed by atoms with Crippen LogP contribution in [0.15, 0.2) is 36.9 Å². The van der Waals surface area contributed by atoms with Gasteiger partial charge in [-0.3, -0.25) is 0 Å². The predicted molar refractivity (Wildman–Crippen MR) is 56.6 cm³/mol. The van der Waals surface area contributed by atoms with Crippen LogP contribution in [0.3, 0.4) is 0 Å². The average Bonchev–Trinajstić information content (AvgIpc) is 2.69. The lowest BCUT2D eigenvalue weighted by atomic mass is 9.96. The first-order valence-corrected chi connectivity index (χ1v) is 4.76. The molecular formula is C11H13N3O. The van der Waals surface area contributed by atoms with Gasteiger partial charge in [0.05, 0.1) is 11.3 Å². The molecule has 0 aliphatic heterocycles. The maximum atomic E-state index is 10.0. The third-order valence-electron chi connectivity index (χ3n) is 2.23. The molecular weight excluding hydrogens is 190 g/mol. The smallest absolute Gasteiger partial charge is 0.138 e. The second kappa shape index (κ2) is 3.47. The van der Waals surface area contributed by atoms with E-state index in [2.05, 4.69) is 10.1 Å². The second-order valence-corrected chi connectivity index (χ2v) is 3.92. The summed E-state index contributed by atoms with van der Waals surface area (Å²) in [5.41, 5.74) is 0.792. The third kappa shape index (κ3) is 1.89. The normalized spacial score (nSPS) is 11.7. The van der Waals surface area contributed by atoms with Crippen molar-refractivity contribution < 1.29 is 5.11 Å². The number of hydrogen-bond donors (Lipinski definition) is 1. The molecule has 0 fully saturated rings. The van der Waals surface area contributed by atoms with Crippen LogP contribution >= 0.6 is 0 Å². The van der Waals surface area contributed by atoms with Gasteiger partial charge in [0, 0.05) is 5.56 Å². The van der Waals surface area contributed by atoms with Crippen molar-refractivity contribution in [2.24, 2.45) is 0 Å². The fraction of sp³-hybridized carbons (Fsp3) is 0.273. The third-order valence-corrected chi connectivity index (χ3v) is 2.23.